The summed E-state index contributed by atoms with van der Waals surface area (Å²) in [6.45, 7) is 7.86. The Kier molecular flexibility index (Phi) is 4.73. The van der Waals surface area contributed by atoms with Gasteiger partial charge in [-0.2, -0.15) is 0 Å². The third kappa shape index (κ3) is 3.71. The molecular weight excluding hydrogens is 328 g/mol. The van der Waals surface area contributed by atoms with E-state index in [0.29, 0.717) is 5.82 Å². The molecule has 0 bridgehead atoms. The van der Waals surface area contributed by atoms with Crippen molar-refractivity contribution in [2.45, 2.75) is 58.5 Å². The number of carbonyl (C=O) groups is 1. The predicted octanol–water partition coefficient (Wildman–Crippen LogP) is 2.11. The van der Waals surface area contributed by atoms with Crippen LogP contribution in [0.1, 0.15) is 45.4 Å². The number of rotatable bonds is 4. The van der Waals surface area contributed by atoms with E-state index in [4.69, 9.17) is 9.97 Å². The number of aromatic nitrogens is 4. The zero-order valence-corrected chi connectivity index (χ0v) is 16.5. The van der Waals surface area contributed by atoms with Crippen LogP contribution < -0.4 is 10.2 Å². The van der Waals surface area contributed by atoms with Crippen molar-refractivity contribution in [3.8, 4) is 11.5 Å². The number of hydrogen-bond acceptors (Lipinski definition) is 5. The molecule has 0 fully saturated rings. The largest absolute Gasteiger partial charge is 0.350 e. The summed E-state index contributed by atoms with van der Waals surface area (Å²) < 4.78 is 1.88. The highest BCUT2D eigenvalue weighted by molar-refractivity contribution is 5.85. The fourth-order valence-corrected chi connectivity index (χ4v) is 3.18. The molecule has 2 aromatic rings. The number of nitrogens with one attached hydrogen (secondary N) is 1. The van der Waals surface area contributed by atoms with E-state index in [1.165, 1.54) is 0 Å². The maximum Gasteiger partial charge on any atom is 0.242 e. The van der Waals surface area contributed by atoms with Crippen molar-refractivity contribution in [3.05, 3.63) is 23.8 Å². The Balaban J connectivity index is 1.95. The van der Waals surface area contributed by atoms with E-state index in [0.717, 1.165) is 42.0 Å². The maximum atomic E-state index is 12.6. The van der Waals surface area contributed by atoms with Gasteiger partial charge in [0.25, 0.3) is 0 Å². The topological polar surface area (TPSA) is 75.9 Å². The minimum Gasteiger partial charge on any atom is -0.350 e. The Morgan fingerprint density at radius 1 is 1.31 bits per heavy atom. The predicted molar refractivity (Wildman–Crippen MR) is 102 cm³/mol. The van der Waals surface area contributed by atoms with Gasteiger partial charge < -0.3 is 14.8 Å². The molecule has 1 N–H and O–H groups in total. The first-order valence-corrected chi connectivity index (χ1v) is 9.08. The van der Waals surface area contributed by atoms with Crippen molar-refractivity contribution in [3.63, 3.8) is 0 Å². The van der Waals surface area contributed by atoms with Crippen LogP contribution in [0.25, 0.3) is 11.5 Å². The van der Waals surface area contributed by atoms with E-state index in [1.807, 2.05) is 57.5 Å². The molecule has 26 heavy (non-hydrogen) atoms. The molecule has 2 aromatic heterocycles. The van der Waals surface area contributed by atoms with Crippen LogP contribution in [0.15, 0.2) is 12.5 Å². The molecule has 1 aliphatic rings. The van der Waals surface area contributed by atoms with E-state index in [1.54, 1.807) is 6.33 Å². The molecule has 7 nitrogen and oxygen atoms in total. The highest BCUT2D eigenvalue weighted by Gasteiger charge is 2.28. The second kappa shape index (κ2) is 6.70. The SMILES string of the molecule is CC(C(=O)NC(C)(C)C)N(C)c1nc(-c2cn(C)cn2)nc2c1CCC2. The van der Waals surface area contributed by atoms with Gasteiger partial charge in [0.15, 0.2) is 5.82 Å². The lowest BCUT2D eigenvalue weighted by Gasteiger charge is -2.30. The average Bonchev–Trinajstić information content (AvgIpc) is 3.19. The number of fused-ring (bicyclic) bond motifs is 1. The lowest BCUT2D eigenvalue weighted by molar-refractivity contribution is -0.123. The van der Waals surface area contributed by atoms with E-state index < -0.39 is 0 Å². The number of aryl methyl sites for hydroxylation is 2. The molecule has 0 radical (unpaired) electrons. The fourth-order valence-electron chi connectivity index (χ4n) is 3.18. The van der Waals surface area contributed by atoms with Crippen LogP contribution in [0, 0.1) is 0 Å². The van der Waals surface area contributed by atoms with Crippen LogP contribution in [0.4, 0.5) is 5.82 Å². The van der Waals surface area contributed by atoms with Gasteiger partial charge in [-0.3, -0.25) is 4.79 Å². The van der Waals surface area contributed by atoms with Crippen molar-refractivity contribution in [1.29, 1.82) is 0 Å². The average molecular weight is 356 g/mol. The van der Waals surface area contributed by atoms with E-state index in [2.05, 4.69) is 10.3 Å². The van der Waals surface area contributed by atoms with Gasteiger partial charge in [-0.25, -0.2) is 15.0 Å². The minimum absolute atomic E-state index is 0.00950. The van der Waals surface area contributed by atoms with Gasteiger partial charge in [-0.15, -0.1) is 0 Å². The quantitative estimate of drug-likeness (QED) is 0.908. The van der Waals surface area contributed by atoms with Gasteiger partial charge in [0.2, 0.25) is 5.91 Å². The molecule has 1 aliphatic carbocycles. The van der Waals surface area contributed by atoms with Gasteiger partial charge in [0.1, 0.15) is 17.6 Å². The van der Waals surface area contributed by atoms with Crippen molar-refractivity contribution < 1.29 is 4.79 Å². The number of likely N-dealkylation sites (N-methyl/N-ethyl adjacent to an activating group) is 1. The molecule has 1 atom stereocenters. The van der Waals surface area contributed by atoms with E-state index >= 15 is 0 Å². The second-order valence-corrected chi connectivity index (χ2v) is 8.10. The van der Waals surface area contributed by atoms with Crippen LogP contribution in [-0.4, -0.2) is 44.1 Å². The van der Waals surface area contributed by atoms with Gasteiger partial charge >= 0.3 is 0 Å². The van der Waals surface area contributed by atoms with Crippen molar-refractivity contribution in [2.75, 3.05) is 11.9 Å². The lowest BCUT2D eigenvalue weighted by atomic mass is 10.1. The Hall–Kier alpha value is -2.44. The number of hydrogen-bond donors (Lipinski definition) is 1. The summed E-state index contributed by atoms with van der Waals surface area (Å²) in [6, 6.07) is -0.328. The van der Waals surface area contributed by atoms with Crippen LogP contribution in [0.3, 0.4) is 0 Å². The Morgan fingerprint density at radius 3 is 2.65 bits per heavy atom. The number of amides is 1. The summed E-state index contributed by atoms with van der Waals surface area (Å²) in [6.07, 6.45) is 6.62. The smallest absolute Gasteiger partial charge is 0.242 e. The fraction of sp³-hybridized carbons (Fsp3) is 0.579. The Bertz CT molecular complexity index is 820. The molecule has 0 aliphatic heterocycles. The summed E-state index contributed by atoms with van der Waals surface area (Å²) in [5.41, 5.74) is 2.72. The highest BCUT2D eigenvalue weighted by atomic mass is 16.2. The van der Waals surface area contributed by atoms with Crippen LogP contribution in [0.5, 0.6) is 0 Å². The zero-order valence-electron chi connectivity index (χ0n) is 16.5. The van der Waals surface area contributed by atoms with Gasteiger partial charge in [0.05, 0.1) is 6.33 Å². The molecule has 0 saturated heterocycles. The third-order valence-corrected chi connectivity index (χ3v) is 4.64. The lowest BCUT2D eigenvalue weighted by Crippen LogP contribution is -2.50. The number of imidazole rings is 1. The Morgan fingerprint density at radius 2 is 2.04 bits per heavy atom. The van der Waals surface area contributed by atoms with Crippen molar-refractivity contribution in [2.24, 2.45) is 7.05 Å². The summed E-state index contributed by atoms with van der Waals surface area (Å²) in [5, 5.41) is 3.05. The highest BCUT2D eigenvalue weighted by Crippen LogP contribution is 2.31. The first-order chi connectivity index (χ1) is 12.2. The summed E-state index contributed by atoms with van der Waals surface area (Å²) in [4.78, 5) is 28.5. The molecule has 1 unspecified atom stereocenters. The zero-order chi connectivity index (χ0) is 19.1. The van der Waals surface area contributed by atoms with Crippen molar-refractivity contribution >= 4 is 11.7 Å². The summed E-state index contributed by atoms with van der Waals surface area (Å²) >= 11 is 0. The molecule has 3 rings (SSSR count). The minimum atomic E-state index is -0.328. The molecular formula is C19H28N6O. The molecule has 140 valence electrons. The third-order valence-electron chi connectivity index (χ3n) is 4.64. The first-order valence-electron chi connectivity index (χ1n) is 9.08. The maximum absolute atomic E-state index is 12.6. The van der Waals surface area contributed by atoms with Gasteiger partial charge in [-0.05, 0) is 47.0 Å². The molecule has 7 heteroatoms. The van der Waals surface area contributed by atoms with E-state index in [9.17, 15) is 4.79 Å². The van der Waals surface area contributed by atoms with Crippen LogP contribution in [-0.2, 0) is 24.7 Å². The standard InChI is InChI=1S/C19H28N6O/c1-12(18(26)23-19(2,3)4)25(6)17-13-8-7-9-14(13)21-16(22-17)15-10-24(5)11-20-15/h10-12H,7-9H2,1-6H3,(H,23,26). The summed E-state index contributed by atoms with van der Waals surface area (Å²) in [7, 11) is 3.85. The normalized spacial score (nSPS) is 14.8. The van der Waals surface area contributed by atoms with Gasteiger partial charge in [-0.1, -0.05) is 0 Å². The molecule has 0 saturated carbocycles. The first kappa shape index (κ1) is 18.4. The van der Waals surface area contributed by atoms with Gasteiger partial charge in [0, 0.05) is 37.1 Å². The second-order valence-electron chi connectivity index (χ2n) is 8.10. The molecule has 0 aromatic carbocycles. The monoisotopic (exact) mass is 356 g/mol. The number of nitrogens with zero attached hydrogens (tertiary/aromatic N) is 5. The van der Waals surface area contributed by atoms with Crippen molar-refractivity contribution in [1.82, 2.24) is 24.8 Å². The van der Waals surface area contributed by atoms with E-state index in [-0.39, 0.29) is 17.5 Å². The molecule has 0 spiro atoms. The molecule has 1 amide bonds. The molecule has 2 heterocycles. The number of anilines is 1. The Labute approximate surface area is 154 Å². The van der Waals surface area contributed by atoms with Crippen LogP contribution >= 0.6 is 0 Å². The summed E-state index contributed by atoms with van der Waals surface area (Å²) in [5.74, 6) is 1.45. The van der Waals surface area contributed by atoms with Crippen LogP contribution in [0.2, 0.25) is 0 Å². The number of carbonyl (C=O) groups excluding carboxylic acids is 1.